The van der Waals surface area contributed by atoms with Gasteiger partial charge in [0.05, 0.1) is 26.3 Å². The van der Waals surface area contributed by atoms with Gasteiger partial charge in [0.1, 0.15) is 6.04 Å². The molecule has 2 fully saturated rings. The van der Waals surface area contributed by atoms with Gasteiger partial charge >= 0.3 is 0 Å². The SMILES string of the molecule is COc1ccc(C(=O)N(C2CCCC2)C2CC(=O)N(c3ccc(C(C)C)cc3)C2=O)cc1OC. The maximum Gasteiger partial charge on any atom is 0.257 e. The van der Waals surface area contributed by atoms with Crippen LogP contribution in [0.4, 0.5) is 5.69 Å². The predicted octanol–water partition coefficient (Wildman–Crippen LogP) is 4.54. The number of carbonyl (C=O) groups excluding carboxylic acids is 3. The van der Waals surface area contributed by atoms with Gasteiger partial charge in [-0.15, -0.1) is 0 Å². The number of nitrogens with zero attached hydrogens (tertiary/aromatic N) is 2. The molecular weight excluding hydrogens is 432 g/mol. The molecule has 1 aliphatic heterocycles. The zero-order valence-electron chi connectivity index (χ0n) is 20.2. The Kier molecular flexibility index (Phi) is 6.91. The van der Waals surface area contributed by atoms with E-state index in [1.165, 1.54) is 19.1 Å². The Balaban J connectivity index is 1.66. The maximum atomic E-state index is 13.7. The van der Waals surface area contributed by atoms with Gasteiger partial charge in [0.2, 0.25) is 5.91 Å². The van der Waals surface area contributed by atoms with E-state index in [2.05, 4.69) is 13.8 Å². The van der Waals surface area contributed by atoms with Crippen LogP contribution < -0.4 is 14.4 Å². The standard InChI is InChI=1S/C27H32N2O5/c1-17(2)18-9-12-21(13-10-18)29-25(30)16-22(27(29)32)28(20-7-5-6-8-20)26(31)19-11-14-23(33-3)24(15-19)34-4/h9-15,17,20,22H,5-8,16H2,1-4H3. The second kappa shape index (κ2) is 9.87. The molecule has 0 N–H and O–H groups in total. The molecule has 1 atom stereocenters. The molecule has 4 rings (SSSR count). The summed E-state index contributed by atoms with van der Waals surface area (Å²) < 4.78 is 10.7. The molecule has 0 bridgehead atoms. The molecule has 180 valence electrons. The lowest BCUT2D eigenvalue weighted by Gasteiger charge is -2.33. The van der Waals surface area contributed by atoms with E-state index in [1.807, 2.05) is 24.3 Å². The molecule has 1 unspecified atom stereocenters. The van der Waals surface area contributed by atoms with Gasteiger partial charge in [-0.3, -0.25) is 14.4 Å². The Hall–Kier alpha value is -3.35. The van der Waals surface area contributed by atoms with E-state index in [9.17, 15) is 14.4 Å². The molecule has 1 heterocycles. The quantitative estimate of drug-likeness (QED) is 0.562. The van der Waals surface area contributed by atoms with Crippen molar-refractivity contribution in [2.45, 2.75) is 64.0 Å². The van der Waals surface area contributed by atoms with Crippen molar-refractivity contribution in [3.8, 4) is 11.5 Å². The van der Waals surface area contributed by atoms with E-state index in [0.29, 0.717) is 28.7 Å². The molecule has 7 nitrogen and oxygen atoms in total. The third-order valence-electron chi connectivity index (χ3n) is 6.86. The zero-order valence-corrected chi connectivity index (χ0v) is 20.2. The first-order chi connectivity index (χ1) is 16.3. The van der Waals surface area contributed by atoms with Crippen LogP contribution in [0.1, 0.15) is 67.8 Å². The molecule has 2 aromatic carbocycles. The highest BCUT2D eigenvalue weighted by atomic mass is 16.5. The molecule has 1 aliphatic carbocycles. The third kappa shape index (κ3) is 4.39. The van der Waals surface area contributed by atoms with Crippen molar-refractivity contribution in [3.63, 3.8) is 0 Å². The summed E-state index contributed by atoms with van der Waals surface area (Å²) >= 11 is 0. The molecule has 0 aromatic heterocycles. The summed E-state index contributed by atoms with van der Waals surface area (Å²) in [6, 6.07) is 11.6. The topological polar surface area (TPSA) is 76.2 Å². The first-order valence-corrected chi connectivity index (χ1v) is 11.9. The Bertz CT molecular complexity index is 1070. The number of imide groups is 1. The molecule has 1 saturated carbocycles. The van der Waals surface area contributed by atoms with Gasteiger partial charge in [0, 0.05) is 11.6 Å². The summed E-state index contributed by atoms with van der Waals surface area (Å²) in [5.41, 5.74) is 2.09. The van der Waals surface area contributed by atoms with Crippen molar-refractivity contribution in [2.24, 2.45) is 0 Å². The fourth-order valence-corrected chi connectivity index (χ4v) is 4.98. The number of ether oxygens (including phenoxy) is 2. The number of methoxy groups -OCH3 is 2. The highest BCUT2D eigenvalue weighted by molar-refractivity contribution is 6.23. The molecule has 1 saturated heterocycles. The van der Waals surface area contributed by atoms with Gasteiger partial charge in [-0.2, -0.15) is 0 Å². The first-order valence-electron chi connectivity index (χ1n) is 11.9. The van der Waals surface area contributed by atoms with Crippen LogP contribution in [-0.2, 0) is 9.59 Å². The smallest absolute Gasteiger partial charge is 0.257 e. The molecule has 2 aromatic rings. The summed E-state index contributed by atoms with van der Waals surface area (Å²) in [7, 11) is 3.05. The van der Waals surface area contributed by atoms with Crippen LogP contribution >= 0.6 is 0 Å². The number of benzene rings is 2. The van der Waals surface area contributed by atoms with E-state index in [0.717, 1.165) is 31.2 Å². The zero-order chi connectivity index (χ0) is 24.4. The number of carbonyl (C=O) groups is 3. The van der Waals surface area contributed by atoms with Crippen molar-refractivity contribution in [1.82, 2.24) is 4.90 Å². The Morgan fingerprint density at radius 3 is 2.21 bits per heavy atom. The minimum Gasteiger partial charge on any atom is -0.493 e. The van der Waals surface area contributed by atoms with Crippen LogP contribution in [0.25, 0.3) is 0 Å². The van der Waals surface area contributed by atoms with Gasteiger partial charge in [-0.25, -0.2) is 4.90 Å². The number of hydrogen-bond donors (Lipinski definition) is 0. The Morgan fingerprint density at radius 1 is 0.971 bits per heavy atom. The van der Waals surface area contributed by atoms with Crippen molar-refractivity contribution in [2.75, 3.05) is 19.1 Å². The molecule has 0 spiro atoms. The fraction of sp³-hybridized carbons (Fsp3) is 0.444. The van der Waals surface area contributed by atoms with Crippen molar-refractivity contribution in [1.29, 1.82) is 0 Å². The van der Waals surface area contributed by atoms with Gasteiger partial charge in [-0.1, -0.05) is 38.8 Å². The lowest BCUT2D eigenvalue weighted by atomic mass is 10.0. The van der Waals surface area contributed by atoms with E-state index < -0.39 is 6.04 Å². The maximum absolute atomic E-state index is 13.7. The predicted molar refractivity (Wildman–Crippen MR) is 129 cm³/mol. The summed E-state index contributed by atoms with van der Waals surface area (Å²) in [5.74, 6) is 0.424. The van der Waals surface area contributed by atoms with E-state index in [-0.39, 0.29) is 30.2 Å². The van der Waals surface area contributed by atoms with E-state index in [1.54, 1.807) is 23.1 Å². The average Bonchev–Trinajstić information content (AvgIpc) is 3.47. The van der Waals surface area contributed by atoms with Crippen LogP contribution in [0, 0.1) is 0 Å². The minimum absolute atomic E-state index is 0.0136. The number of hydrogen-bond acceptors (Lipinski definition) is 5. The lowest BCUT2D eigenvalue weighted by Crippen LogP contribution is -2.50. The molecule has 2 aliphatic rings. The van der Waals surface area contributed by atoms with Gasteiger partial charge in [-0.05, 0) is 54.7 Å². The van der Waals surface area contributed by atoms with Crippen LogP contribution in [0.2, 0.25) is 0 Å². The second-order valence-electron chi connectivity index (χ2n) is 9.25. The summed E-state index contributed by atoms with van der Waals surface area (Å²) in [4.78, 5) is 43.2. The Morgan fingerprint density at radius 2 is 1.62 bits per heavy atom. The molecule has 34 heavy (non-hydrogen) atoms. The molecule has 7 heteroatoms. The van der Waals surface area contributed by atoms with Gasteiger partial charge < -0.3 is 14.4 Å². The minimum atomic E-state index is -0.819. The van der Waals surface area contributed by atoms with Crippen molar-refractivity contribution < 1.29 is 23.9 Å². The van der Waals surface area contributed by atoms with Crippen LogP contribution in [0.5, 0.6) is 11.5 Å². The highest BCUT2D eigenvalue weighted by Crippen LogP contribution is 2.35. The lowest BCUT2D eigenvalue weighted by molar-refractivity contribution is -0.123. The molecular formula is C27H32N2O5. The molecule has 0 radical (unpaired) electrons. The molecule has 3 amide bonds. The summed E-state index contributed by atoms with van der Waals surface area (Å²) in [5, 5.41) is 0. The number of rotatable bonds is 7. The van der Waals surface area contributed by atoms with Crippen LogP contribution in [0.3, 0.4) is 0 Å². The van der Waals surface area contributed by atoms with Crippen LogP contribution in [-0.4, -0.2) is 48.9 Å². The van der Waals surface area contributed by atoms with Crippen molar-refractivity contribution >= 4 is 23.4 Å². The number of amides is 3. The van der Waals surface area contributed by atoms with Gasteiger partial charge in [0.25, 0.3) is 11.8 Å². The summed E-state index contributed by atoms with van der Waals surface area (Å²) in [6.07, 6.45) is 3.62. The van der Waals surface area contributed by atoms with Gasteiger partial charge in [0.15, 0.2) is 11.5 Å². The number of anilines is 1. The average molecular weight is 465 g/mol. The van der Waals surface area contributed by atoms with E-state index >= 15 is 0 Å². The summed E-state index contributed by atoms with van der Waals surface area (Å²) in [6.45, 7) is 4.19. The normalized spacial score (nSPS) is 18.6. The fourth-order valence-electron chi connectivity index (χ4n) is 4.98. The first kappa shape index (κ1) is 23.8. The Labute approximate surface area is 200 Å². The third-order valence-corrected chi connectivity index (χ3v) is 6.86. The largest absolute Gasteiger partial charge is 0.493 e. The monoisotopic (exact) mass is 464 g/mol. The van der Waals surface area contributed by atoms with Crippen LogP contribution in [0.15, 0.2) is 42.5 Å². The highest BCUT2D eigenvalue weighted by Gasteiger charge is 2.47. The van der Waals surface area contributed by atoms with Crippen molar-refractivity contribution in [3.05, 3.63) is 53.6 Å². The second-order valence-corrected chi connectivity index (χ2v) is 9.25. The van der Waals surface area contributed by atoms with E-state index in [4.69, 9.17) is 9.47 Å².